The zero-order chi connectivity index (χ0) is 16.0. The van der Waals surface area contributed by atoms with Crippen LogP contribution in [0.3, 0.4) is 0 Å². The predicted molar refractivity (Wildman–Crippen MR) is 83.9 cm³/mol. The fraction of sp³-hybridized carbons (Fsp3) is 0.467. The van der Waals surface area contributed by atoms with E-state index in [1.165, 1.54) is 0 Å². The predicted octanol–water partition coefficient (Wildman–Crippen LogP) is 3.64. The molecular formula is C15H19Cl2NO3. The van der Waals surface area contributed by atoms with Crippen LogP contribution in [0.5, 0.6) is 0 Å². The normalized spacial score (nSPS) is 10.7. The molecule has 1 N–H and O–H groups in total. The standard InChI is InChI=1S/C15H19Cl2NO3/c1-10(2)18(8-7-15(20)21)14(19)6-4-11-3-5-12(16)13(17)9-11/h3,5,9-10H,4,6-8H2,1-2H3,(H,20,21). The lowest BCUT2D eigenvalue weighted by Crippen LogP contribution is -2.38. The molecule has 1 aromatic rings. The lowest BCUT2D eigenvalue weighted by molar-refractivity contribution is -0.139. The average Bonchev–Trinajstić information content (AvgIpc) is 2.39. The Kier molecular flexibility index (Phi) is 6.99. The topological polar surface area (TPSA) is 57.6 Å². The van der Waals surface area contributed by atoms with Gasteiger partial charge in [0, 0.05) is 19.0 Å². The van der Waals surface area contributed by atoms with E-state index in [-0.39, 0.29) is 24.9 Å². The highest BCUT2D eigenvalue weighted by molar-refractivity contribution is 6.42. The first-order chi connectivity index (χ1) is 9.81. The third-order valence-corrected chi connectivity index (χ3v) is 3.86. The van der Waals surface area contributed by atoms with Crippen molar-refractivity contribution in [3.63, 3.8) is 0 Å². The summed E-state index contributed by atoms with van der Waals surface area (Å²) in [5, 5.41) is 9.67. The first-order valence-electron chi connectivity index (χ1n) is 6.76. The Balaban J connectivity index is 2.60. The van der Waals surface area contributed by atoms with Gasteiger partial charge in [-0.1, -0.05) is 29.3 Å². The smallest absolute Gasteiger partial charge is 0.305 e. The molecule has 1 amide bonds. The van der Waals surface area contributed by atoms with Gasteiger partial charge in [0.1, 0.15) is 0 Å². The van der Waals surface area contributed by atoms with Gasteiger partial charge >= 0.3 is 5.97 Å². The van der Waals surface area contributed by atoms with Crippen LogP contribution in [0, 0.1) is 0 Å². The maximum atomic E-state index is 12.2. The van der Waals surface area contributed by atoms with E-state index in [4.69, 9.17) is 28.3 Å². The summed E-state index contributed by atoms with van der Waals surface area (Å²) < 4.78 is 0. The van der Waals surface area contributed by atoms with Gasteiger partial charge in [-0.2, -0.15) is 0 Å². The SMILES string of the molecule is CC(C)N(CCC(=O)O)C(=O)CCc1ccc(Cl)c(Cl)c1. The summed E-state index contributed by atoms with van der Waals surface area (Å²) in [6, 6.07) is 5.26. The molecule has 116 valence electrons. The summed E-state index contributed by atoms with van der Waals surface area (Å²) in [6.45, 7) is 3.98. The number of carbonyl (C=O) groups is 2. The second-order valence-corrected chi connectivity index (χ2v) is 5.89. The van der Waals surface area contributed by atoms with Gasteiger partial charge < -0.3 is 10.0 Å². The van der Waals surface area contributed by atoms with Crippen molar-refractivity contribution >= 4 is 35.1 Å². The highest BCUT2D eigenvalue weighted by Crippen LogP contribution is 2.23. The van der Waals surface area contributed by atoms with Crippen molar-refractivity contribution in [1.29, 1.82) is 0 Å². The van der Waals surface area contributed by atoms with E-state index in [9.17, 15) is 9.59 Å². The Morgan fingerprint density at radius 2 is 1.86 bits per heavy atom. The van der Waals surface area contributed by atoms with E-state index in [1.54, 1.807) is 17.0 Å². The van der Waals surface area contributed by atoms with E-state index < -0.39 is 5.97 Å². The number of carboxylic acids is 1. The Morgan fingerprint density at radius 1 is 1.19 bits per heavy atom. The van der Waals surface area contributed by atoms with Crippen LogP contribution in [-0.4, -0.2) is 34.5 Å². The molecule has 21 heavy (non-hydrogen) atoms. The van der Waals surface area contributed by atoms with Crippen molar-refractivity contribution in [2.75, 3.05) is 6.54 Å². The Labute approximate surface area is 134 Å². The van der Waals surface area contributed by atoms with Crippen molar-refractivity contribution in [3.05, 3.63) is 33.8 Å². The zero-order valence-corrected chi connectivity index (χ0v) is 13.6. The molecule has 6 heteroatoms. The molecule has 0 aromatic heterocycles. The molecule has 0 saturated heterocycles. The number of hydrogen-bond donors (Lipinski definition) is 1. The summed E-state index contributed by atoms with van der Waals surface area (Å²) >= 11 is 11.8. The van der Waals surface area contributed by atoms with Gasteiger partial charge in [0.05, 0.1) is 16.5 Å². The van der Waals surface area contributed by atoms with Gasteiger partial charge in [0.15, 0.2) is 0 Å². The number of nitrogens with zero attached hydrogens (tertiary/aromatic N) is 1. The maximum Gasteiger partial charge on any atom is 0.305 e. The molecule has 0 heterocycles. The first-order valence-corrected chi connectivity index (χ1v) is 7.52. The number of benzene rings is 1. The molecule has 1 rings (SSSR count). The van der Waals surface area contributed by atoms with Crippen molar-refractivity contribution in [1.82, 2.24) is 4.90 Å². The van der Waals surface area contributed by atoms with E-state index in [1.807, 2.05) is 19.9 Å². The van der Waals surface area contributed by atoms with Crippen LogP contribution in [0.1, 0.15) is 32.3 Å². The van der Waals surface area contributed by atoms with Crippen molar-refractivity contribution in [2.24, 2.45) is 0 Å². The Morgan fingerprint density at radius 3 is 2.38 bits per heavy atom. The summed E-state index contributed by atoms with van der Waals surface area (Å²) in [7, 11) is 0. The third-order valence-electron chi connectivity index (χ3n) is 3.12. The minimum atomic E-state index is -0.905. The molecule has 0 spiro atoms. The second-order valence-electron chi connectivity index (χ2n) is 5.07. The van der Waals surface area contributed by atoms with Crippen LogP contribution >= 0.6 is 23.2 Å². The zero-order valence-electron chi connectivity index (χ0n) is 12.1. The average molecular weight is 332 g/mol. The van der Waals surface area contributed by atoms with E-state index >= 15 is 0 Å². The number of aryl methyl sites for hydroxylation is 1. The quantitative estimate of drug-likeness (QED) is 0.829. The highest BCUT2D eigenvalue weighted by Gasteiger charge is 2.17. The van der Waals surface area contributed by atoms with Gasteiger partial charge in [0.2, 0.25) is 5.91 Å². The highest BCUT2D eigenvalue weighted by atomic mass is 35.5. The minimum absolute atomic E-state index is 0.0225. The van der Waals surface area contributed by atoms with Crippen LogP contribution in [-0.2, 0) is 16.0 Å². The van der Waals surface area contributed by atoms with Crippen LogP contribution in [0.15, 0.2) is 18.2 Å². The maximum absolute atomic E-state index is 12.2. The molecule has 0 radical (unpaired) electrons. The number of carbonyl (C=O) groups excluding carboxylic acids is 1. The van der Waals surface area contributed by atoms with Crippen LogP contribution < -0.4 is 0 Å². The molecule has 0 aliphatic heterocycles. The summed E-state index contributed by atoms with van der Waals surface area (Å²) in [6.07, 6.45) is 0.818. The first kappa shape index (κ1) is 17.8. The Hall–Kier alpha value is -1.26. The van der Waals surface area contributed by atoms with Gasteiger partial charge in [-0.25, -0.2) is 0 Å². The van der Waals surface area contributed by atoms with Crippen LogP contribution in [0.2, 0.25) is 10.0 Å². The number of rotatable bonds is 7. The fourth-order valence-electron chi connectivity index (χ4n) is 1.98. The molecule has 0 unspecified atom stereocenters. The molecular weight excluding hydrogens is 313 g/mol. The fourth-order valence-corrected chi connectivity index (χ4v) is 2.30. The summed E-state index contributed by atoms with van der Waals surface area (Å²) in [5.41, 5.74) is 0.930. The number of carboxylic acid groups (broad SMARTS) is 1. The van der Waals surface area contributed by atoms with Crippen molar-refractivity contribution < 1.29 is 14.7 Å². The second kappa shape index (κ2) is 8.25. The molecule has 1 aromatic carbocycles. The lowest BCUT2D eigenvalue weighted by atomic mass is 10.1. The number of halogens is 2. The van der Waals surface area contributed by atoms with Crippen molar-refractivity contribution in [3.8, 4) is 0 Å². The molecule has 0 saturated carbocycles. The van der Waals surface area contributed by atoms with Crippen LogP contribution in [0.4, 0.5) is 0 Å². The molecule has 0 aliphatic rings. The van der Waals surface area contributed by atoms with Gasteiger partial charge in [-0.15, -0.1) is 0 Å². The number of amides is 1. The molecule has 0 bridgehead atoms. The van der Waals surface area contributed by atoms with Gasteiger partial charge in [0.25, 0.3) is 0 Å². The van der Waals surface area contributed by atoms with E-state index in [0.29, 0.717) is 22.9 Å². The van der Waals surface area contributed by atoms with E-state index in [2.05, 4.69) is 0 Å². The molecule has 4 nitrogen and oxygen atoms in total. The van der Waals surface area contributed by atoms with Gasteiger partial charge in [-0.3, -0.25) is 9.59 Å². The van der Waals surface area contributed by atoms with Crippen molar-refractivity contribution in [2.45, 2.75) is 39.2 Å². The van der Waals surface area contributed by atoms with Gasteiger partial charge in [-0.05, 0) is 38.0 Å². The summed E-state index contributed by atoms with van der Waals surface area (Å²) in [5.74, 6) is -0.963. The van der Waals surface area contributed by atoms with Crippen LogP contribution in [0.25, 0.3) is 0 Å². The Bertz CT molecular complexity index is 518. The minimum Gasteiger partial charge on any atom is -0.481 e. The lowest BCUT2D eigenvalue weighted by Gasteiger charge is -2.26. The number of aliphatic carboxylic acids is 1. The monoisotopic (exact) mass is 331 g/mol. The van der Waals surface area contributed by atoms with E-state index in [0.717, 1.165) is 5.56 Å². The molecule has 0 aliphatic carbocycles. The molecule has 0 atom stereocenters. The summed E-state index contributed by atoms with van der Waals surface area (Å²) in [4.78, 5) is 24.4. The largest absolute Gasteiger partial charge is 0.481 e. The molecule has 0 fully saturated rings. The third kappa shape index (κ3) is 5.94. The number of hydrogen-bond acceptors (Lipinski definition) is 2.